The van der Waals surface area contributed by atoms with Crippen molar-refractivity contribution in [3.8, 4) is 0 Å². The molecule has 0 bridgehead atoms. The summed E-state index contributed by atoms with van der Waals surface area (Å²) in [7, 11) is -4.09. The van der Waals surface area contributed by atoms with Gasteiger partial charge in [0.2, 0.25) is 0 Å². The maximum absolute atomic E-state index is 13.1. The molecule has 4 aliphatic carbocycles. The van der Waals surface area contributed by atoms with Crippen LogP contribution in [0.4, 0.5) is 0 Å². The van der Waals surface area contributed by atoms with Gasteiger partial charge in [0, 0.05) is 0 Å². The summed E-state index contributed by atoms with van der Waals surface area (Å²) in [5, 5.41) is 19.4. The van der Waals surface area contributed by atoms with Crippen molar-refractivity contribution in [3.05, 3.63) is 46.5 Å². The second-order valence-corrected chi connectivity index (χ2v) is 26.9. The zero-order valence-corrected chi connectivity index (χ0v) is 48.4. The third kappa shape index (κ3) is 18.9. The summed E-state index contributed by atoms with van der Waals surface area (Å²) < 4.78 is 24.5. The van der Waals surface area contributed by atoms with Gasteiger partial charge in [-0.05, 0) is 174 Å². The van der Waals surface area contributed by atoms with Gasteiger partial charge < -0.3 is 33.6 Å². The molecule has 12 heteroatoms. The predicted octanol–water partition coefficient (Wildman–Crippen LogP) is 17.4. The zero-order chi connectivity index (χ0) is 50.5. The van der Waals surface area contributed by atoms with Crippen LogP contribution in [0.5, 0.6) is 0 Å². The lowest BCUT2D eigenvalue weighted by atomic mass is 9.47. The zero-order valence-electron chi connectivity index (χ0n) is 47.5. The van der Waals surface area contributed by atoms with E-state index in [1.807, 2.05) is 6.07 Å². The fourth-order valence-electron chi connectivity index (χ4n) is 14.2. The average Bonchev–Trinajstić information content (AvgIpc) is 3.62. The van der Waals surface area contributed by atoms with Crippen molar-refractivity contribution in [2.45, 2.75) is 255 Å². The molecule has 0 amide bonds. The van der Waals surface area contributed by atoms with Crippen molar-refractivity contribution < 1.29 is 38.3 Å². The number of carboxylic acid groups (broad SMARTS) is 2. The molecule has 3 saturated carbocycles. The number of aliphatic carboxylic acids is 2. The lowest BCUT2D eigenvalue weighted by molar-refractivity contribution is -0.147. The molecular weight excluding hydrogens is 922 g/mol. The van der Waals surface area contributed by atoms with Crippen molar-refractivity contribution in [3.63, 3.8) is 0 Å². The first-order valence-electron chi connectivity index (χ1n) is 28.5. The van der Waals surface area contributed by atoms with Crippen molar-refractivity contribution in [2.24, 2.45) is 57.2 Å². The second kappa shape index (κ2) is 30.0. The summed E-state index contributed by atoms with van der Waals surface area (Å²) in [6.45, 7) is 19.7. The fraction of sp³-hybridized carbons (Fsp3) is 0.833. The molecule has 72 heavy (non-hydrogen) atoms. The third-order valence-electron chi connectivity index (χ3n) is 18.5. The molecule has 1 aromatic carbocycles. The van der Waals surface area contributed by atoms with E-state index in [9.17, 15) is 29.3 Å². The Balaban J connectivity index is 0.00000592. The van der Waals surface area contributed by atoms with E-state index in [0.29, 0.717) is 18.3 Å². The van der Waals surface area contributed by atoms with Gasteiger partial charge in [0.05, 0.1) is 23.5 Å². The summed E-state index contributed by atoms with van der Waals surface area (Å²) in [4.78, 5) is 34.3. The van der Waals surface area contributed by atoms with Crippen molar-refractivity contribution in [2.75, 3.05) is 6.61 Å². The number of unbranched alkanes of at least 4 members (excludes halogenated alkanes) is 14. The molecule has 7 unspecified atom stereocenters. The van der Waals surface area contributed by atoms with Gasteiger partial charge in [0.25, 0.3) is 0 Å². The van der Waals surface area contributed by atoms with Gasteiger partial charge in [0.15, 0.2) is 0 Å². The normalized spacial score (nSPS) is 26.2. The van der Waals surface area contributed by atoms with Crippen LogP contribution in [0.2, 0.25) is 0 Å². The summed E-state index contributed by atoms with van der Waals surface area (Å²) >= 11 is 0. The molecule has 9 atom stereocenters. The van der Waals surface area contributed by atoms with Crippen LogP contribution in [0.25, 0.3) is 0 Å². The Hall–Kier alpha value is -2.11. The summed E-state index contributed by atoms with van der Waals surface area (Å²) in [6.07, 6.45) is 35.4. The van der Waals surface area contributed by atoms with Crippen molar-refractivity contribution in [1.82, 2.24) is 18.5 Å². The highest BCUT2D eigenvalue weighted by atomic mass is 31.2. The van der Waals surface area contributed by atoms with Gasteiger partial charge >= 0.3 is 19.8 Å². The number of rotatable bonds is 32. The highest BCUT2D eigenvalue weighted by Crippen LogP contribution is 2.68. The summed E-state index contributed by atoms with van der Waals surface area (Å²) in [5.74, 6) is 3.19. The molecular formula is C60H110N3O8P. The van der Waals surface area contributed by atoms with Crippen LogP contribution in [0.1, 0.15) is 246 Å². The highest BCUT2D eigenvalue weighted by molar-refractivity contribution is 7.47. The van der Waals surface area contributed by atoms with E-state index in [0.717, 1.165) is 104 Å². The smallest absolute Gasteiger partial charge is 0.472 e. The van der Waals surface area contributed by atoms with E-state index in [4.69, 9.17) is 9.05 Å². The highest BCUT2D eigenvalue weighted by Gasteiger charge is 2.59. The molecule has 0 aliphatic heterocycles. The Morgan fingerprint density at radius 3 is 1.68 bits per heavy atom. The van der Waals surface area contributed by atoms with E-state index in [1.165, 1.54) is 127 Å². The van der Waals surface area contributed by atoms with Crippen LogP contribution in [0.3, 0.4) is 0 Å². The number of fused-ring (bicyclic) bond motifs is 5. The van der Waals surface area contributed by atoms with E-state index < -0.39 is 30.6 Å². The average molecular weight is 1030 g/mol. The van der Waals surface area contributed by atoms with Gasteiger partial charge in [-0.2, -0.15) is 0 Å². The van der Waals surface area contributed by atoms with Gasteiger partial charge in [-0.3, -0.25) is 18.6 Å². The van der Waals surface area contributed by atoms with Gasteiger partial charge in [0.1, 0.15) is 0 Å². The van der Waals surface area contributed by atoms with E-state index in [2.05, 4.69) is 52.8 Å². The van der Waals surface area contributed by atoms with E-state index in [-0.39, 0.29) is 36.6 Å². The summed E-state index contributed by atoms with van der Waals surface area (Å²) in [5.41, 5.74) is 3.50. The molecule has 1 aromatic rings. The van der Waals surface area contributed by atoms with Crippen molar-refractivity contribution >= 4 is 19.8 Å². The minimum atomic E-state index is -4.09. The minimum absolute atomic E-state index is 0. The second-order valence-electron chi connectivity index (χ2n) is 25.5. The number of hydrogen-bond donors (Lipinski definition) is 6. The molecule has 12 N–H and O–H groups in total. The van der Waals surface area contributed by atoms with Gasteiger partial charge in [-0.25, -0.2) is 4.57 Å². The number of phosphoric acid groups is 1. The molecule has 418 valence electrons. The molecule has 0 spiro atoms. The quantitative estimate of drug-likeness (QED) is 0.0225. The van der Waals surface area contributed by atoms with Crippen LogP contribution in [0.15, 0.2) is 29.8 Å². The Morgan fingerprint density at radius 2 is 1.17 bits per heavy atom. The Morgan fingerprint density at radius 1 is 0.667 bits per heavy atom. The number of hydrogen-bond acceptors (Lipinski definition) is 8. The molecule has 5 rings (SSSR count). The van der Waals surface area contributed by atoms with Crippen molar-refractivity contribution in [1.29, 1.82) is 0 Å². The number of carbonyl (C=O) groups is 2. The number of carboxylic acids is 2. The predicted molar refractivity (Wildman–Crippen MR) is 298 cm³/mol. The first-order valence-corrected chi connectivity index (χ1v) is 30.0. The van der Waals surface area contributed by atoms with E-state index in [1.54, 1.807) is 27.7 Å². The standard InChI is InChI=1S/C60H101O8P.3H3N/c1-44(2)26-25-27-45(3)52-31-32-53-51-30-29-49-41-50(33-35-59(49,8)54(51)34-36-60(52,53)9)68-69(65,66)67-37-24-22-20-18-16-14-12-10-11-13-15-17-19-21-23-28-46-38-47(42-57(4,5)55(61)62)40-48(39-46)43-58(6,7)56(63)64;;;/h29,38-40,44-45,50-54H,10-28,30-37,41-43H2,1-9H3,(H,61,62)(H,63,64)(H,65,66);3*1H3/t45?,50?,51?,52?,53?,54?,59-,60+;;;/m0.../s1. The maximum Gasteiger partial charge on any atom is 0.472 e. The first-order chi connectivity index (χ1) is 32.6. The molecule has 0 aromatic heterocycles. The molecule has 11 nitrogen and oxygen atoms in total. The van der Waals surface area contributed by atoms with Gasteiger partial charge in [-0.1, -0.05) is 167 Å². The van der Waals surface area contributed by atoms with Crippen LogP contribution in [-0.4, -0.2) is 39.8 Å². The lowest BCUT2D eigenvalue weighted by Gasteiger charge is -2.58. The Kier molecular flexibility index (Phi) is 27.5. The topological polar surface area (TPSA) is 235 Å². The SMILES string of the molecule is CC(C)CCCC(C)C1CCC2C3CC=C4CC(OP(=O)(O)OCCCCCCCCCCCCCCCCCc5cc(CC(C)(C)C(=O)O)cc(CC(C)(C)C(=O)O)c5)CC[C@]4(C)C3CC[C@]12C.N.N.N. The van der Waals surface area contributed by atoms with E-state index >= 15 is 0 Å². The lowest BCUT2D eigenvalue weighted by Crippen LogP contribution is -2.51. The number of benzene rings is 1. The number of aryl methyl sites for hydroxylation is 1. The monoisotopic (exact) mass is 1030 g/mol. The third-order valence-corrected chi connectivity index (χ3v) is 19.5. The number of phosphoric ester groups is 1. The largest absolute Gasteiger partial charge is 0.481 e. The molecule has 3 fully saturated rings. The molecule has 4 aliphatic rings. The van der Waals surface area contributed by atoms with Crippen LogP contribution in [-0.2, 0) is 42.5 Å². The molecule has 0 heterocycles. The van der Waals surface area contributed by atoms with Gasteiger partial charge in [-0.15, -0.1) is 0 Å². The Labute approximate surface area is 439 Å². The fourth-order valence-corrected chi connectivity index (χ4v) is 15.2. The van der Waals surface area contributed by atoms with Crippen LogP contribution >= 0.6 is 7.82 Å². The minimum Gasteiger partial charge on any atom is -0.481 e. The number of allylic oxidation sites excluding steroid dienone is 1. The van der Waals surface area contributed by atoms with Crippen LogP contribution in [0, 0.1) is 57.2 Å². The maximum atomic E-state index is 13.1. The summed E-state index contributed by atoms with van der Waals surface area (Å²) in [6, 6.07) is 6.25. The molecule has 0 radical (unpaired) electrons. The van der Waals surface area contributed by atoms with Crippen LogP contribution < -0.4 is 18.5 Å². The molecule has 0 saturated heterocycles. The Bertz CT molecular complexity index is 1820. The first kappa shape index (κ1) is 66.0.